The quantitative estimate of drug-likeness (QED) is 0.562. The predicted octanol–water partition coefficient (Wildman–Crippen LogP) is 4.85. The van der Waals surface area contributed by atoms with E-state index in [9.17, 15) is 9.59 Å². The van der Waals surface area contributed by atoms with Crippen molar-refractivity contribution in [2.45, 2.75) is 0 Å². The topological polar surface area (TPSA) is 59.3 Å². The second kappa shape index (κ2) is 6.07. The van der Waals surface area contributed by atoms with Crippen LogP contribution in [0.1, 0.15) is 10.6 Å². The monoisotopic (exact) mass is 349 g/mol. The Kier molecular flexibility index (Phi) is 3.75. The molecule has 1 N–H and O–H groups in total. The lowest BCUT2D eigenvalue weighted by Gasteiger charge is -2.08. The van der Waals surface area contributed by atoms with Crippen LogP contribution >= 0.6 is 11.6 Å². The summed E-state index contributed by atoms with van der Waals surface area (Å²) in [6, 6.07) is 19.2. The lowest BCUT2D eigenvalue weighted by atomic mass is 10.1. The van der Waals surface area contributed by atoms with Crippen LogP contribution in [0.2, 0.25) is 5.02 Å². The van der Waals surface area contributed by atoms with E-state index >= 15 is 0 Å². The maximum atomic E-state index is 12.6. The number of fused-ring (bicyclic) bond motifs is 2. The Labute approximate surface area is 147 Å². The van der Waals surface area contributed by atoms with Crippen molar-refractivity contribution in [3.8, 4) is 0 Å². The van der Waals surface area contributed by atoms with Crippen molar-refractivity contribution in [3.63, 3.8) is 0 Å². The predicted molar refractivity (Wildman–Crippen MR) is 99.4 cm³/mol. The first-order chi connectivity index (χ1) is 12.1. The molecule has 1 amide bonds. The molecule has 25 heavy (non-hydrogen) atoms. The van der Waals surface area contributed by atoms with Crippen molar-refractivity contribution in [3.05, 3.63) is 87.7 Å². The number of carbonyl (C=O) groups excluding carboxylic acids is 1. The Balaban J connectivity index is 1.75. The van der Waals surface area contributed by atoms with Gasteiger partial charge in [-0.15, -0.1) is 0 Å². The van der Waals surface area contributed by atoms with E-state index in [4.69, 9.17) is 16.0 Å². The van der Waals surface area contributed by atoms with Crippen LogP contribution in [0.4, 0.5) is 5.69 Å². The van der Waals surface area contributed by atoms with Gasteiger partial charge in [-0.05, 0) is 29.7 Å². The normalized spacial score (nSPS) is 10.9. The number of benzene rings is 3. The van der Waals surface area contributed by atoms with E-state index in [0.29, 0.717) is 21.7 Å². The van der Waals surface area contributed by atoms with E-state index in [1.165, 1.54) is 12.1 Å². The van der Waals surface area contributed by atoms with Gasteiger partial charge in [0.1, 0.15) is 5.58 Å². The van der Waals surface area contributed by atoms with E-state index in [1.54, 1.807) is 18.2 Å². The summed E-state index contributed by atoms with van der Waals surface area (Å²) in [5, 5.41) is 5.51. The lowest BCUT2D eigenvalue weighted by Crippen LogP contribution is -2.15. The Morgan fingerprint density at radius 2 is 1.72 bits per heavy atom. The van der Waals surface area contributed by atoms with Gasteiger partial charge in [-0.25, -0.2) is 0 Å². The minimum absolute atomic E-state index is 0.0484. The third-order valence-electron chi connectivity index (χ3n) is 3.95. The second-order valence-corrected chi connectivity index (χ2v) is 6.03. The number of nitrogens with one attached hydrogen (secondary N) is 1. The Morgan fingerprint density at radius 1 is 0.920 bits per heavy atom. The summed E-state index contributed by atoms with van der Waals surface area (Å²) in [5.74, 6) is -0.530. The molecule has 0 aliphatic heterocycles. The number of hydrogen-bond donors (Lipinski definition) is 1. The minimum atomic E-state index is -0.481. The van der Waals surface area contributed by atoms with Crippen LogP contribution in [0.3, 0.4) is 0 Å². The molecule has 3 aromatic carbocycles. The van der Waals surface area contributed by atoms with Gasteiger partial charge in [-0.2, -0.15) is 0 Å². The summed E-state index contributed by atoms with van der Waals surface area (Å²) < 4.78 is 5.57. The zero-order valence-electron chi connectivity index (χ0n) is 13.0. The van der Waals surface area contributed by atoms with Crippen LogP contribution < -0.4 is 10.7 Å². The molecule has 4 nitrogen and oxygen atoms in total. The highest BCUT2D eigenvalue weighted by Gasteiger charge is 2.14. The summed E-state index contributed by atoms with van der Waals surface area (Å²) in [6.45, 7) is 0. The Bertz CT molecular complexity index is 1180. The van der Waals surface area contributed by atoms with Crippen LogP contribution in [0.15, 0.2) is 75.9 Å². The summed E-state index contributed by atoms with van der Waals surface area (Å²) in [4.78, 5) is 24.8. The van der Waals surface area contributed by atoms with E-state index in [2.05, 4.69) is 5.32 Å². The van der Waals surface area contributed by atoms with Crippen molar-refractivity contribution in [2.75, 3.05) is 5.32 Å². The van der Waals surface area contributed by atoms with Gasteiger partial charge in [-0.3, -0.25) is 9.59 Å². The summed E-state index contributed by atoms with van der Waals surface area (Å²) in [5.41, 5.74) is 0.661. The molecule has 0 unspecified atom stereocenters. The molecule has 122 valence electrons. The zero-order valence-corrected chi connectivity index (χ0v) is 13.7. The molecule has 0 saturated carbocycles. The van der Waals surface area contributed by atoms with Crippen molar-refractivity contribution in [1.82, 2.24) is 0 Å². The van der Waals surface area contributed by atoms with Crippen molar-refractivity contribution >= 4 is 44.9 Å². The summed E-state index contributed by atoms with van der Waals surface area (Å²) in [7, 11) is 0. The van der Waals surface area contributed by atoms with Gasteiger partial charge in [0.05, 0.1) is 5.39 Å². The molecule has 0 aliphatic rings. The molecule has 0 fully saturated rings. The molecule has 4 rings (SSSR count). The summed E-state index contributed by atoms with van der Waals surface area (Å²) in [6.07, 6.45) is 0. The first-order valence-corrected chi connectivity index (χ1v) is 8.02. The maximum Gasteiger partial charge on any atom is 0.291 e. The molecular formula is C20H12ClNO3. The largest absolute Gasteiger partial charge is 0.451 e. The smallest absolute Gasteiger partial charge is 0.291 e. The average molecular weight is 350 g/mol. The lowest BCUT2D eigenvalue weighted by molar-refractivity contribution is 0.0997. The van der Waals surface area contributed by atoms with Crippen LogP contribution in [0, 0.1) is 0 Å². The van der Waals surface area contributed by atoms with Gasteiger partial charge < -0.3 is 9.73 Å². The van der Waals surface area contributed by atoms with Gasteiger partial charge in [0.25, 0.3) is 5.91 Å². The van der Waals surface area contributed by atoms with Gasteiger partial charge in [0.15, 0.2) is 11.2 Å². The van der Waals surface area contributed by atoms with Gasteiger partial charge >= 0.3 is 0 Å². The number of carbonyl (C=O) groups is 1. The number of rotatable bonds is 2. The third-order valence-corrected chi connectivity index (χ3v) is 4.19. The highest BCUT2D eigenvalue weighted by atomic mass is 35.5. The van der Waals surface area contributed by atoms with Crippen molar-refractivity contribution in [1.29, 1.82) is 0 Å². The molecular weight excluding hydrogens is 338 g/mol. The molecule has 1 heterocycles. The SMILES string of the molecule is O=C(Nc1cccc2ccccc12)c1cc(=O)c2cc(Cl)ccc2o1. The highest BCUT2D eigenvalue weighted by Crippen LogP contribution is 2.24. The van der Waals surface area contributed by atoms with E-state index in [-0.39, 0.29) is 11.2 Å². The second-order valence-electron chi connectivity index (χ2n) is 5.60. The molecule has 0 saturated heterocycles. The van der Waals surface area contributed by atoms with Crippen molar-refractivity contribution < 1.29 is 9.21 Å². The highest BCUT2D eigenvalue weighted by molar-refractivity contribution is 6.31. The first kappa shape index (κ1) is 15.4. The first-order valence-electron chi connectivity index (χ1n) is 7.64. The fourth-order valence-electron chi connectivity index (χ4n) is 2.76. The Hall–Kier alpha value is -3.11. The molecule has 0 spiro atoms. The molecule has 5 heteroatoms. The molecule has 1 aromatic heterocycles. The zero-order chi connectivity index (χ0) is 17.4. The molecule has 4 aromatic rings. The summed E-state index contributed by atoms with van der Waals surface area (Å²) >= 11 is 5.90. The third kappa shape index (κ3) is 2.88. The van der Waals surface area contributed by atoms with E-state index in [0.717, 1.165) is 10.8 Å². The fraction of sp³-hybridized carbons (Fsp3) is 0. The van der Waals surface area contributed by atoms with Gasteiger partial charge in [-0.1, -0.05) is 48.0 Å². The molecule has 0 radical (unpaired) electrons. The standard InChI is InChI=1S/C20H12ClNO3/c21-13-8-9-18-15(10-13)17(23)11-19(25-18)20(24)22-16-7-3-5-12-4-1-2-6-14(12)16/h1-11H,(H,22,24). The van der Waals surface area contributed by atoms with Crippen LogP contribution in [-0.4, -0.2) is 5.91 Å². The van der Waals surface area contributed by atoms with Crippen LogP contribution in [0.25, 0.3) is 21.7 Å². The van der Waals surface area contributed by atoms with Gasteiger partial charge in [0, 0.05) is 22.2 Å². The van der Waals surface area contributed by atoms with Crippen LogP contribution in [-0.2, 0) is 0 Å². The molecule has 0 atom stereocenters. The van der Waals surface area contributed by atoms with Crippen molar-refractivity contribution in [2.24, 2.45) is 0 Å². The van der Waals surface area contributed by atoms with E-state index < -0.39 is 5.91 Å². The average Bonchev–Trinajstić information content (AvgIpc) is 2.62. The Morgan fingerprint density at radius 3 is 2.60 bits per heavy atom. The molecule has 0 bridgehead atoms. The fourth-order valence-corrected chi connectivity index (χ4v) is 2.93. The maximum absolute atomic E-state index is 12.6. The number of anilines is 1. The number of hydrogen-bond acceptors (Lipinski definition) is 3. The number of amides is 1. The number of halogens is 1. The van der Waals surface area contributed by atoms with Crippen LogP contribution in [0.5, 0.6) is 0 Å². The minimum Gasteiger partial charge on any atom is -0.451 e. The molecule has 0 aliphatic carbocycles. The van der Waals surface area contributed by atoms with E-state index in [1.807, 2.05) is 36.4 Å². The van der Waals surface area contributed by atoms with Gasteiger partial charge in [0.2, 0.25) is 0 Å².